The third kappa shape index (κ3) is 2.50. The summed E-state index contributed by atoms with van der Waals surface area (Å²) in [5, 5.41) is 11.8. The third-order valence-corrected chi connectivity index (χ3v) is 2.30. The molecular weight excluding hydrogens is 208 g/mol. The van der Waals surface area contributed by atoms with E-state index in [9.17, 15) is 4.79 Å². The van der Waals surface area contributed by atoms with Crippen molar-refractivity contribution in [3.8, 4) is 0 Å². The molecule has 2 rings (SSSR count). The molecule has 0 fully saturated rings. The molecule has 0 amide bonds. The fraction of sp³-hybridized carbons (Fsp3) is 0.273. The van der Waals surface area contributed by atoms with Gasteiger partial charge in [0.2, 0.25) is 6.04 Å². The molecule has 0 bridgehead atoms. The highest BCUT2D eigenvalue weighted by molar-refractivity contribution is 5.79. The van der Waals surface area contributed by atoms with Gasteiger partial charge in [-0.1, -0.05) is 35.1 Å². The maximum absolute atomic E-state index is 11.5. The Kier molecular flexibility index (Phi) is 3.05. The molecular formula is C11H13N2O3+. The monoisotopic (exact) mass is 221 g/mol. The number of ether oxygens (including phenoxy) is 1. The molecule has 0 saturated heterocycles. The molecule has 1 aromatic carbocycles. The van der Waals surface area contributed by atoms with Gasteiger partial charge in [0.05, 0.1) is 0 Å². The van der Waals surface area contributed by atoms with E-state index in [1.54, 1.807) is 0 Å². The smallest absolute Gasteiger partial charge is 0.355 e. The summed E-state index contributed by atoms with van der Waals surface area (Å²) in [5.74, 6) is -0.364. The van der Waals surface area contributed by atoms with E-state index in [1.807, 2.05) is 30.3 Å². The van der Waals surface area contributed by atoms with E-state index in [0.29, 0.717) is 0 Å². The molecule has 2 N–H and O–H groups in total. The van der Waals surface area contributed by atoms with Crippen molar-refractivity contribution >= 4 is 12.3 Å². The fourth-order valence-electron chi connectivity index (χ4n) is 1.44. The van der Waals surface area contributed by atoms with Crippen molar-refractivity contribution in [3.63, 3.8) is 0 Å². The van der Waals surface area contributed by atoms with Gasteiger partial charge in [-0.25, -0.2) is 4.79 Å². The number of carbonyl (C=O) groups is 1. The van der Waals surface area contributed by atoms with Crippen LogP contribution in [-0.2, 0) is 16.1 Å². The summed E-state index contributed by atoms with van der Waals surface area (Å²) in [4.78, 5) is 11.5. The van der Waals surface area contributed by atoms with Gasteiger partial charge in [-0.3, -0.25) is 5.32 Å². The van der Waals surface area contributed by atoms with Crippen LogP contribution in [0, 0.1) is 0 Å². The molecule has 1 aliphatic rings. The van der Waals surface area contributed by atoms with Gasteiger partial charge in [0.25, 0.3) is 6.34 Å². The van der Waals surface area contributed by atoms with Crippen molar-refractivity contribution in [2.45, 2.75) is 12.6 Å². The summed E-state index contributed by atoms with van der Waals surface area (Å²) < 4.78 is 6.03. The standard InChI is InChI=1S/C11H12N2O3/c14-11(10-6-13(15)8-12-10)16-7-9-4-2-1-3-5-9/h1-5,8,10,15H,6-7H2/p+1. The molecule has 0 aliphatic carbocycles. The highest BCUT2D eigenvalue weighted by Gasteiger charge is 2.31. The normalized spacial score (nSPS) is 18.8. The van der Waals surface area contributed by atoms with Crippen molar-refractivity contribution in [2.24, 2.45) is 0 Å². The lowest BCUT2D eigenvalue weighted by Crippen LogP contribution is -2.35. The topological polar surface area (TPSA) is 61.6 Å². The zero-order chi connectivity index (χ0) is 11.4. The second-order valence-corrected chi connectivity index (χ2v) is 3.56. The van der Waals surface area contributed by atoms with Gasteiger partial charge in [-0.2, -0.15) is 0 Å². The first-order chi connectivity index (χ1) is 7.75. The number of nitrogens with one attached hydrogen (secondary N) is 1. The van der Waals surface area contributed by atoms with Gasteiger partial charge in [-0.15, -0.1) is 0 Å². The molecule has 1 unspecified atom stereocenters. The molecule has 16 heavy (non-hydrogen) atoms. The third-order valence-electron chi connectivity index (χ3n) is 2.30. The highest BCUT2D eigenvalue weighted by Crippen LogP contribution is 2.02. The molecule has 0 aromatic heterocycles. The van der Waals surface area contributed by atoms with Crippen LogP contribution in [0.1, 0.15) is 5.56 Å². The maximum Gasteiger partial charge on any atom is 0.355 e. The molecule has 1 heterocycles. The molecule has 1 aromatic rings. The minimum atomic E-state index is -0.492. The number of hydrogen-bond donors (Lipinski definition) is 2. The summed E-state index contributed by atoms with van der Waals surface area (Å²) in [5.41, 5.74) is 0.943. The predicted molar refractivity (Wildman–Crippen MR) is 56.1 cm³/mol. The predicted octanol–water partition coefficient (Wildman–Crippen LogP) is 0.132. The zero-order valence-corrected chi connectivity index (χ0v) is 8.67. The average Bonchev–Trinajstić information content (AvgIpc) is 2.74. The first-order valence-corrected chi connectivity index (χ1v) is 5.01. The Morgan fingerprint density at radius 3 is 2.88 bits per heavy atom. The number of esters is 1. The number of carbonyl (C=O) groups excluding carboxylic acids is 1. The van der Waals surface area contributed by atoms with Gasteiger partial charge in [0.1, 0.15) is 6.61 Å². The Hall–Kier alpha value is -2.04. The highest BCUT2D eigenvalue weighted by atomic mass is 16.5. The van der Waals surface area contributed by atoms with E-state index in [1.165, 1.54) is 6.34 Å². The number of rotatable bonds is 3. The molecule has 1 atom stereocenters. The average molecular weight is 221 g/mol. The lowest BCUT2D eigenvalue weighted by molar-refractivity contribution is -0.766. The fourth-order valence-corrected chi connectivity index (χ4v) is 1.44. The first kappa shape index (κ1) is 10.5. The Bertz CT molecular complexity index is 403. The van der Waals surface area contributed by atoms with E-state index >= 15 is 0 Å². The number of benzene rings is 1. The number of hydrogen-bond acceptors (Lipinski definition) is 4. The second-order valence-electron chi connectivity index (χ2n) is 3.56. The quantitative estimate of drug-likeness (QED) is 0.433. The van der Waals surface area contributed by atoms with Gasteiger partial charge >= 0.3 is 5.97 Å². The first-order valence-electron chi connectivity index (χ1n) is 5.01. The van der Waals surface area contributed by atoms with Crippen molar-refractivity contribution < 1.29 is 19.5 Å². The van der Waals surface area contributed by atoms with Gasteiger partial charge in [-0.05, 0) is 5.56 Å². The van der Waals surface area contributed by atoms with Crippen molar-refractivity contribution in [2.75, 3.05) is 6.54 Å². The largest absolute Gasteiger partial charge is 0.458 e. The van der Waals surface area contributed by atoms with E-state index in [2.05, 4.69) is 5.32 Å². The van der Waals surface area contributed by atoms with Crippen LogP contribution < -0.4 is 5.32 Å². The van der Waals surface area contributed by atoms with Crippen molar-refractivity contribution in [1.82, 2.24) is 5.32 Å². The van der Waals surface area contributed by atoms with Crippen LogP contribution in [0.15, 0.2) is 30.3 Å². The summed E-state index contributed by atoms with van der Waals surface area (Å²) in [6, 6.07) is 8.97. The van der Waals surface area contributed by atoms with E-state index < -0.39 is 6.04 Å². The molecule has 84 valence electrons. The van der Waals surface area contributed by atoms with Crippen LogP contribution in [0.4, 0.5) is 0 Å². The number of hydroxylamine groups is 1. The molecule has 0 spiro atoms. The lowest BCUT2D eigenvalue weighted by Gasteiger charge is -2.06. The molecule has 0 radical (unpaired) electrons. The zero-order valence-electron chi connectivity index (χ0n) is 8.67. The molecule has 0 saturated carbocycles. The van der Waals surface area contributed by atoms with Crippen LogP contribution in [-0.4, -0.2) is 34.8 Å². The number of nitrogens with zero attached hydrogens (tertiary/aromatic N) is 1. The van der Waals surface area contributed by atoms with Crippen molar-refractivity contribution in [1.29, 1.82) is 0 Å². The second kappa shape index (κ2) is 4.65. The van der Waals surface area contributed by atoms with Crippen LogP contribution in [0.25, 0.3) is 0 Å². The van der Waals surface area contributed by atoms with Crippen molar-refractivity contribution in [3.05, 3.63) is 35.9 Å². The minimum Gasteiger partial charge on any atom is -0.458 e. The SMILES string of the molecule is O=C(OCc1ccccc1)C1C[N+](O)=CN1. The van der Waals surface area contributed by atoms with Crippen LogP contribution in [0.2, 0.25) is 0 Å². The van der Waals surface area contributed by atoms with Crippen LogP contribution in [0.3, 0.4) is 0 Å². The van der Waals surface area contributed by atoms with Gasteiger partial charge < -0.3 is 9.94 Å². The Labute approximate surface area is 92.9 Å². The molecule has 5 nitrogen and oxygen atoms in total. The molecule has 5 heteroatoms. The van der Waals surface area contributed by atoms with E-state index in [-0.39, 0.29) is 19.1 Å². The Morgan fingerprint density at radius 2 is 2.25 bits per heavy atom. The van der Waals surface area contributed by atoms with Gasteiger partial charge in [0.15, 0.2) is 6.54 Å². The van der Waals surface area contributed by atoms with E-state index in [0.717, 1.165) is 10.3 Å². The lowest BCUT2D eigenvalue weighted by atomic mass is 10.2. The summed E-state index contributed by atoms with van der Waals surface area (Å²) in [6.45, 7) is 0.469. The minimum absolute atomic E-state index is 0.216. The molecule has 1 aliphatic heterocycles. The van der Waals surface area contributed by atoms with Crippen LogP contribution in [0.5, 0.6) is 0 Å². The van der Waals surface area contributed by atoms with E-state index in [4.69, 9.17) is 9.94 Å². The Morgan fingerprint density at radius 1 is 1.50 bits per heavy atom. The summed E-state index contributed by atoms with van der Waals surface area (Å²) in [7, 11) is 0. The van der Waals surface area contributed by atoms with Crippen LogP contribution >= 0.6 is 0 Å². The summed E-state index contributed by atoms with van der Waals surface area (Å²) >= 11 is 0. The summed E-state index contributed by atoms with van der Waals surface area (Å²) in [6.07, 6.45) is 1.34. The maximum atomic E-state index is 11.5. The van der Waals surface area contributed by atoms with Gasteiger partial charge in [0, 0.05) is 0 Å². The Balaban J connectivity index is 1.81.